The van der Waals surface area contributed by atoms with Crippen LogP contribution in [0.5, 0.6) is 57.5 Å². The van der Waals surface area contributed by atoms with Gasteiger partial charge in [0, 0.05) is 42.6 Å². The quantitative estimate of drug-likeness (QED) is 0.0987. The Morgan fingerprint density at radius 2 is 0.891 bits per heavy atom. The second-order valence-electron chi connectivity index (χ2n) is 16.5. The number of allylic oxidation sites excluding steroid dienone is 1. The van der Waals surface area contributed by atoms with Crippen LogP contribution in [0.15, 0.2) is 60.7 Å². The molecule has 2 aliphatic heterocycles. The van der Waals surface area contributed by atoms with Crippen molar-refractivity contribution in [2.45, 2.75) is 49.7 Å². The number of benzene rings is 4. The molecule has 0 unspecified atom stereocenters. The van der Waals surface area contributed by atoms with E-state index >= 15 is 0 Å². The second kappa shape index (κ2) is 18.4. The average Bonchev–Trinajstić information content (AvgIpc) is 4.14. The highest BCUT2D eigenvalue weighted by Crippen LogP contribution is 2.62. The predicted molar refractivity (Wildman–Crippen MR) is 242 cm³/mol. The van der Waals surface area contributed by atoms with E-state index in [0.29, 0.717) is 58.3 Å². The molecule has 0 N–H and O–H groups in total. The fraction of sp³-hybridized carbons (Fsp3) is 0.449. The van der Waals surface area contributed by atoms with Gasteiger partial charge in [-0.1, -0.05) is 12.2 Å². The number of ether oxygens (including phenoxy) is 10. The maximum atomic E-state index is 13.2. The van der Waals surface area contributed by atoms with Crippen molar-refractivity contribution < 1.29 is 60.5 Å². The van der Waals surface area contributed by atoms with Gasteiger partial charge in [0.15, 0.2) is 46.0 Å². The summed E-state index contributed by atoms with van der Waals surface area (Å²) in [4.78, 5) is 13.2. The molecule has 2 fully saturated rings. The van der Waals surface area contributed by atoms with Crippen molar-refractivity contribution in [3.05, 3.63) is 94.1 Å². The Bertz CT molecular complexity index is 2220. The molecule has 4 aliphatic carbocycles. The first-order chi connectivity index (χ1) is 31.2. The van der Waals surface area contributed by atoms with E-state index in [0.717, 1.165) is 58.6 Å². The van der Waals surface area contributed by atoms with Gasteiger partial charge < -0.3 is 55.7 Å². The molecule has 15 heteroatoms. The zero-order valence-corrected chi connectivity index (χ0v) is 38.9. The molecule has 340 valence electrons. The Balaban J connectivity index is 0.000000162. The van der Waals surface area contributed by atoms with Crippen LogP contribution in [0, 0.1) is 23.7 Å². The monoisotopic (exact) mass is 914 g/mol. The third-order valence-electron chi connectivity index (χ3n) is 13.7. The van der Waals surface area contributed by atoms with Crippen LogP contribution in [0.4, 0.5) is 0 Å². The summed E-state index contributed by atoms with van der Waals surface area (Å²) in [5, 5.41) is 0. The zero-order chi connectivity index (χ0) is 44.8. The minimum atomic E-state index is -0.206. The van der Waals surface area contributed by atoms with Gasteiger partial charge in [-0.15, -0.1) is 0 Å². The first kappa shape index (κ1) is 44.1. The van der Waals surface area contributed by atoms with Crippen LogP contribution < -0.4 is 47.4 Å². The van der Waals surface area contributed by atoms with Gasteiger partial charge in [-0.3, -0.25) is 4.79 Å². The summed E-state index contributed by atoms with van der Waals surface area (Å²) in [6.45, 7) is 4.89. The standard InChI is InChI=1S/C25H28O6S.C24H26O7S/c1-13-6-7-15-22(13)23(14-8-20(26-2)25(28-4)21(9-14)27-3)16-10-18-19(30-12-29-18)11-17(16)24(15)31-32-5;1-26-19-7-12(8-20(27-2)24(19)28-3)21-14-9-17-18(30-11-29-17)10-15(14)23(31-32-4)13-5-6-16(25)22(13)21/h8-11,15,22-24H,1,6-7,12H2,2-5H3;7-10,13,21-23H,5-6,11H2,1-4H3/t15-,22-,23-,24-;13-,21-,22+,23-/m00/s1. The molecule has 2 saturated carbocycles. The van der Waals surface area contributed by atoms with E-state index in [1.165, 1.54) is 35.2 Å². The van der Waals surface area contributed by atoms with E-state index in [9.17, 15) is 4.79 Å². The van der Waals surface area contributed by atoms with Crippen molar-refractivity contribution in [1.82, 2.24) is 0 Å². The van der Waals surface area contributed by atoms with Crippen molar-refractivity contribution in [3.63, 3.8) is 0 Å². The molecule has 0 aromatic heterocycles. The van der Waals surface area contributed by atoms with Crippen LogP contribution in [0.1, 0.15) is 83.1 Å². The minimum absolute atomic E-state index is 0.0305. The molecule has 8 atom stereocenters. The summed E-state index contributed by atoms with van der Waals surface area (Å²) in [5.41, 5.74) is 7.67. The Hall–Kier alpha value is -5.09. The molecule has 0 spiro atoms. The van der Waals surface area contributed by atoms with Crippen LogP contribution in [-0.2, 0) is 13.2 Å². The Labute approximate surface area is 382 Å². The number of ketones is 1. The van der Waals surface area contributed by atoms with Gasteiger partial charge in [-0.25, -0.2) is 0 Å². The van der Waals surface area contributed by atoms with Crippen LogP contribution in [0.2, 0.25) is 0 Å². The van der Waals surface area contributed by atoms with E-state index in [4.69, 9.17) is 55.7 Å². The Morgan fingerprint density at radius 3 is 1.28 bits per heavy atom. The fourth-order valence-electron chi connectivity index (χ4n) is 11.1. The van der Waals surface area contributed by atoms with Gasteiger partial charge in [0.1, 0.15) is 18.0 Å². The number of rotatable bonds is 12. The maximum absolute atomic E-state index is 13.2. The third kappa shape index (κ3) is 7.41. The lowest BCUT2D eigenvalue weighted by Gasteiger charge is -2.41. The molecule has 0 bridgehead atoms. The molecule has 0 amide bonds. The first-order valence-electron chi connectivity index (χ1n) is 21.3. The molecule has 0 radical (unpaired) electrons. The summed E-state index contributed by atoms with van der Waals surface area (Å²) in [6.07, 6.45) is 7.03. The first-order valence-corrected chi connectivity index (χ1v) is 23.6. The van der Waals surface area contributed by atoms with Crippen molar-refractivity contribution in [2.75, 3.05) is 68.8 Å². The molecular weight excluding hydrogens is 861 g/mol. The van der Waals surface area contributed by atoms with Gasteiger partial charge >= 0.3 is 0 Å². The average molecular weight is 915 g/mol. The largest absolute Gasteiger partial charge is 0.493 e. The number of hydrogen-bond donors (Lipinski definition) is 0. The van der Waals surface area contributed by atoms with Crippen LogP contribution >= 0.6 is 24.1 Å². The van der Waals surface area contributed by atoms with Crippen molar-refractivity contribution in [2.24, 2.45) is 23.7 Å². The Kier molecular flexibility index (Phi) is 12.7. The molecular formula is C49H54O13S2. The van der Waals surface area contributed by atoms with E-state index in [2.05, 4.69) is 30.8 Å². The van der Waals surface area contributed by atoms with Crippen molar-refractivity contribution >= 4 is 29.9 Å². The van der Waals surface area contributed by atoms with Gasteiger partial charge in [0.2, 0.25) is 25.1 Å². The summed E-state index contributed by atoms with van der Waals surface area (Å²) in [7, 11) is 9.69. The topological polar surface area (TPSA) is 128 Å². The minimum Gasteiger partial charge on any atom is -0.493 e. The maximum Gasteiger partial charge on any atom is 0.231 e. The lowest BCUT2D eigenvalue weighted by atomic mass is 9.65. The summed E-state index contributed by atoms with van der Waals surface area (Å²) in [5.74, 6) is 7.05. The normalized spacial score (nSPS) is 25.3. The summed E-state index contributed by atoms with van der Waals surface area (Å²) < 4.78 is 68.8. The summed E-state index contributed by atoms with van der Waals surface area (Å²) >= 11 is 2.74. The highest BCUT2D eigenvalue weighted by molar-refractivity contribution is 7.94. The zero-order valence-electron chi connectivity index (χ0n) is 37.3. The second-order valence-corrected chi connectivity index (χ2v) is 17.5. The van der Waals surface area contributed by atoms with E-state index in [-0.39, 0.29) is 61.2 Å². The molecule has 13 nitrogen and oxygen atoms in total. The molecule has 6 aliphatic rings. The number of carbonyl (C=O) groups excluding carboxylic acids is 1. The number of carbonyl (C=O) groups is 1. The van der Waals surface area contributed by atoms with E-state index in [1.807, 2.05) is 36.8 Å². The molecule has 64 heavy (non-hydrogen) atoms. The van der Waals surface area contributed by atoms with Crippen LogP contribution in [0.25, 0.3) is 0 Å². The number of methoxy groups -OCH3 is 6. The fourth-order valence-corrected chi connectivity index (χ4v) is 12.0. The summed E-state index contributed by atoms with van der Waals surface area (Å²) in [6, 6.07) is 16.2. The number of fused-ring (bicyclic) bond motifs is 6. The molecule has 4 aromatic rings. The molecule has 0 saturated heterocycles. The van der Waals surface area contributed by atoms with Gasteiger partial charge in [0.25, 0.3) is 0 Å². The highest BCUT2D eigenvalue weighted by Gasteiger charge is 2.52. The van der Waals surface area contributed by atoms with Crippen molar-refractivity contribution in [1.29, 1.82) is 0 Å². The van der Waals surface area contributed by atoms with Crippen LogP contribution in [-0.4, -0.2) is 74.5 Å². The Morgan fingerprint density at radius 1 is 0.516 bits per heavy atom. The highest BCUT2D eigenvalue weighted by atomic mass is 32.2. The van der Waals surface area contributed by atoms with E-state index < -0.39 is 0 Å². The number of hydrogen-bond acceptors (Lipinski definition) is 15. The smallest absolute Gasteiger partial charge is 0.231 e. The van der Waals surface area contributed by atoms with Gasteiger partial charge in [-0.2, -0.15) is 0 Å². The van der Waals surface area contributed by atoms with Gasteiger partial charge in [0.05, 0.1) is 42.7 Å². The third-order valence-corrected chi connectivity index (χ3v) is 14.5. The lowest BCUT2D eigenvalue weighted by molar-refractivity contribution is -0.122. The van der Waals surface area contributed by atoms with Crippen molar-refractivity contribution in [3.8, 4) is 57.5 Å². The lowest BCUT2D eigenvalue weighted by Crippen LogP contribution is -2.34. The van der Waals surface area contributed by atoms with Gasteiger partial charge in [-0.05, 0) is 137 Å². The molecule has 10 rings (SSSR count). The van der Waals surface area contributed by atoms with E-state index in [1.54, 1.807) is 42.7 Å². The van der Waals surface area contributed by atoms with Crippen LogP contribution in [0.3, 0.4) is 0 Å². The number of Topliss-reactive ketones (excluding diaryl/α,β-unsaturated/α-hetero) is 1. The predicted octanol–water partition coefficient (Wildman–Crippen LogP) is 10.0. The molecule has 2 heterocycles. The SMILES string of the molecule is C=C1CC[C@H]2[C@H]1[C@@H](c1cc(OC)c(OC)c(OC)c1)c1cc3c(cc1[C@H]2OSC)OCO3.COc1cc([C@H]2c3cc4c(cc3[C@@H](OSC)[C@H]3CCC(=O)[C@H]23)OCO4)cc(OC)c1OC. The molecule has 4 aromatic carbocycles.